The Balaban J connectivity index is 0. The minimum absolute atomic E-state index is 0. The molecule has 0 spiro atoms. The number of rotatable bonds is 4. The molecule has 0 atom stereocenters. The first-order chi connectivity index (χ1) is 6.64. The molecule has 0 fully saturated rings. The Morgan fingerprint density at radius 1 is 1.27 bits per heavy atom. The van der Waals surface area contributed by atoms with Gasteiger partial charge in [-0.15, -0.1) is 0 Å². The fourth-order valence-electron chi connectivity index (χ4n) is 0.853. The average molecular weight is 234 g/mol. The number of hydrogen-bond donors (Lipinski definition) is 0. The molecule has 76 valence electrons. The van der Waals surface area contributed by atoms with Gasteiger partial charge < -0.3 is 5.61 Å². The van der Waals surface area contributed by atoms with Crippen LogP contribution in [0.1, 0.15) is 6.99 Å². The van der Waals surface area contributed by atoms with Gasteiger partial charge in [0.05, 0.1) is 11.7 Å². The van der Waals surface area contributed by atoms with Gasteiger partial charge in [0.15, 0.2) is 0 Å². The normalized spacial score (nSPS) is 10.7. The van der Waals surface area contributed by atoms with Crippen LogP contribution in [0.5, 0.6) is 0 Å². The standard InChI is InChI=1S/C10H10O3S.Na.H/c1-2-13-14(11,12)9-8-10-6-4-3-5-7-10;;/h2-9H,1H2;;/q;+1;-1. The van der Waals surface area contributed by atoms with Gasteiger partial charge in [0.2, 0.25) is 0 Å². The fourth-order valence-corrected chi connectivity index (χ4v) is 1.43. The quantitative estimate of drug-likeness (QED) is 0.392. The van der Waals surface area contributed by atoms with Crippen molar-refractivity contribution < 1.29 is 43.6 Å². The molecule has 0 saturated carbocycles. The first-order valence-electron chi connectivity index (χ1n) is 3.91. The molecular weight excluding hydrogens is 223 g/mol. The van der Waals surface area contributed by atoms with Gasteiger partial charge in [0, 0.05) is 0 Å². The van der Waals surface area contributed by atoms with Crippen LogP contribution in [0.25, 0.3) is 6.08 Å². The molecule has 0 radical (unpaired) electrons. The Labute approximate surface area is 113 Å². The minimum atomic E-state index is -3.63. The predicted molar refractivity (Wildman–Crippen MR) is 56.8 cm³/mol. The molecular formula is C10H11NaO3S. The van der Waals surface area contributed by atoms with E-state index in [0.29, 0.717) is 0 Å². The molecule has 0 saturated heterocycles. The van der Waals surface area contributed by atoms with Crippen molar-refractivity contribution in [2.45, 2.75) is 0 Å². The summed E-state index contributed by atoms with van der Waals surface area (Å²) in [5.74, 6) is 0. The minimum Gasteiger partial charge on any atom is -1.00 e. The van der Waals surface area contributed by atoms with E-state index in [1.54, 1.807) is 12.1 Å². The second-order valence-corrected chi connectivity index (χ2v) is 3.92. The van der Waals surface area contributed by atoms with Crippen molar-refractivity contribution in [1.82, 2.24) is 0 Å². The van der Waals surface area contributed by atoms with Gasteiger partial charge in [-0.25, -0.2) is 0 Å². The monoisotopic (exact) mass is 234 g/mol. The molecule has 1 aromatic carbocycles. The van der Waals surface area contributed by atoms with Crippen LogP contribution in [0, 0.1) is 0 Å². The van der Waals surface area contributed by atoms with Crippen LogP contribution in [-0.4, -0.2) is 8.42 Å². The van der Waals surface area contributed by atoms with E-state index in [-0.39, 0.29) is 31.0 Å². The van der Waals surface area contributed by atoms with Gasteiger partial charge in [-0.05, 0) is 11.6 Å². The molecule has 0 amide bonds. The van der Waals surface area contributed by atoms with Crippen LogP contribution in [-0.2, 0) is 14.3 Å². The molecule has 0 N–H and O–H groups in total. The first kappa shape index (κ1) is 14.5. The third-order valence-corrected chi connectivity index (χ3v) is 2.30. The van der Waals surface area contributed by atoms with E-state index < -0.39 is 10.1 Å². The number of benzene rings is 1. The summed E-state index contributed by atoms with van der Waals surface area (Å²) in [6.45, 7) is 3.17. The van der Waals surface area contributed by atoms with Crippen LogP contribution in [0.4, 0.5) is 0 Å². The molecule has 0 unspecified atom stereocenters. The zero-order chi connectivity index (χ0) is 10.4. The largest absolute Gasteiger partial charge is 1.00 e. The van der Waals surface area contributed by atoms with E-state index in [0.717, 1.165) is 17.2 Å². The zero-order valence-electron chi connectivity index (χ0n) is 9.46. The van der Waals surface area contributed by atoms with Crippen LogP contribution in [0.2, 0.25) is 0 Å². The Hall–Kier alpha value is -0.550. The Morgan fingerprint density at radius 2 is 1.87 bits per heavy atom. The molecule has 15 heavy (non-hydrogen) atoms. The van der Waals surface area contributed by atoms with Crippen LogP contribution in [0.15, 0.2) is 48.6 Å². The molecule has 3 nitrogen and oxygen atoms in total. The zero-order valence-corrected chi connectivity index (χ0v) is 11.3. The van der Waals surface area contributed by atoms with Crippen LogP contribution < -0.4 is 29.6 Å². The van der Waals surface area contributed by atoms with Crippen LogP contribution in [0.3, 0.4) is 0 Å². The maximum atomic E-state index is 11.0. The van der Waals surface area contributed by atoms with Gasteiger partial charge in [-0.1, -0.05) is 36.9 Å². The summed E-state index contributed by atoms with van der Waals surface area (Å²) in [6, 6.07) is 9.08. The molecule has 0 bridgehead atoms. The molecule has 0 aliphatic rings. The summed E-state index contributed by atoms with van der Waals surface area (Å²) in [5.41, 5.74) is 0.795. The maximum Gasteiger partial charge on any atom is 1.00 e. The summed E-state index contributed by atoms with van der Waals surface area (Å²) < 4.78 is 26.3. The van der Waals surface area contributed by atoms with Crippen molar-refractivity contribution in [3.63, 3.8) is 0 Å². The van der Waals surface area contributed by atoms with Gasteiger partial charge in [0.1, 0.15) is 0 Å². The maximum absolute atomic E-state index is 11.0. The Morgan fingerprint density at radius 3 is 2.40 bits per heavy atom. The van der Waals surface area contributed by atoms with Gasteiger partial charge in [0.25, 0.3) is 0 Å². The van der Waals surface area contributed by atoms with E-state index in [9.17, 15) is 8.42 Å². The van der Waals surface area contributed by atoms with Crippen LogP contribution >= 0.6 is 0 Å². The third-order valence-electron chi connectivity index (χ3n) is 1.43. The van der Waals surface area contributed by atoms with E-state index in [1.807, 2.05) is 18.2 Å². The molecule has 0 aliphatic heterocycles. The van der Waals surface area contributed by atoms with E-state index in [4.69, 9.17) is 0 Å². The summed E-state index contributed by atoms with van der Waals surface area (Å²) in [7, 11) is -3.63. The Kier molecular flexibility index (Phi) is 6.60. The summed E-state index contributed by atoms with van der Waals surface area (Å²) in [5, 5.41) is 0.990. The molecule has 5 heteroatoms. The van der Waals surface area contributed by atoms with E-state index in [1.165, 1.54) is 6.08 Å². The molecule has 1 aromatic rings. The van der Waals surface area contributed by atoms with Crippen molar-refractivity contribution in [3.8, 4) is 0 Å². The van der Waals surface area contributed by atoms with E-state index >= 15 is 0 Å². The number of hydrogen-bond acceptors (Lipinski definition) is 3. The summed E-state index contributed by atoms with van der Waals surface area (Å²) in [4.78, 5) is 0. The van der Waals surface area contributed by atoms with Gasteiger partial charge in [-0.3, -0.25) is 0 Å². The van der Waals surface area contributed by atoms with Crippen molar-refractivity contribution in [1.29, 1.82) is 0 Å². The van der Waals surface area contributed by atoms with Gasteiger partial charge in [-0.2, -0.15) is 8.42 Å². The van der Waals surface area contributed by atoms with Crippen molar-refractivity contribution in [2.75, 3.05) is 0 Å². The SMILES string of the molecule is C=COS(=O)(=O)C=Cc1ccccc1.[H-].[Na+]. The van der Waals surface area contributed by atoms with Crippen molar-refractivity contribution >= 4 is 16.2 Å². The predicted octanol–water partition coefficient (Wildman–Crippen LogP) is -0.736. The van der Waals surface area contributed by atoms with Gasteiger partial charge >= 0.3 is 39.7 Å². The molecule has 0 aliphatic carbocycles. The smallest absolute Gasteiger partial charge is 1.00 e. The van der Waals surface area contributed by atoms with Crippen molar-refractivity contribution in [2.24, 2.45) is 0 Å². The first-order valence-corrected chi connectivity index (χ1v) is 5.38. The second-order valence-electron chi connectivity index (χ2n) is 2.47. The molecule has 0 aromatic heterocycles. The molecule has 1 rings (SSSR count). The summed E-state index contributed by atoms with van der Waals surface area (Å²) >= 11 is 0. The van der Waals surface area contributed by atoms with E-state index in [2.05, 4.69) is 10.8 Å². The second kappa shape index (κ2) is 6.85. The third kappa shape index (κ3) is 5.79. The average Bonchev–Trinajstić information content (AvgIpc) is 2.17. The van der Waals surface area contributed by atoms with Crippen molar-refractivity contribution in [3.05, 3.63) is 54.1 Å². The summed E-state index contributed by atoms with van der Waals surface area (Å²) in [6.07, 6.45) is 2.34. The topological polar surface area (TPSA) is 43.4 Å². The Bertz CT molecular complexity index is 429. The fraction of sp³-hybridized carbons (Fsp3) is 0. The molecule has 0 heterocycles.